The third-order valence-electron chi connectivity index (χ3n) is 6.69. The van der Waals surface area contributed by atoms with E-state index >= 15 is 0 Å². The Morgan fingerprint density at radius 3 is 2.23 bits per heavy atom. The first kappa shape index (κ1) is 32.9. The topological polar surface area (TPSA) is 138 Å². The molecule has 0 radical (unpaired) electrons. The van der Waals surface area contributed by atoms with E-state index in [1.165, 1.54) is 35.9 Å². The van der Waals surface area contributed by atoms with Crippen molar-refractivity contribution in [3.63, 3.8) is 0 Å². The van der Waals surface area contributed by atoms with Gasteiger partial charge in [0.05, 0.1) is 26.0 Å². The Morgan fingerprint density at radius 2 is 1.64 bits per heavy atom. The zero-order chi connectivity index (χ0) is 31.6. The van der Waals surface area contributed by atoms with E-state index in [-0.39, 0.29) is 74.7 Å². The van der Waals surface area contributed by atoms with E-state index in [1.807, 2.05) is 18.4 Å². The fourth-order valence-electron chi connectivity index (χ4n) is 4.56. The van der Waals surface area contributed by atoms with Crippen LogP contribution in [0.1, 0.15) is 17.3 Å². The Morgan fingerprint density at radius 1 is 0.977 bits per heavy atom. The molecule has 3 aromatic carbocycles. The van der Waals surface area contributed by atoms with Gasteiger partial charge < -0.3 is 33.9 Å². The highest BCUT2D eigenvalue weighted by Crippen LogP contribution is 2.46. The Bertz CT molecular complexity index is 1460. The lowest BCUT2D eigenvalue weighted by Crippen LogP contribution is -2.50. The molecule has 2 N–H and O–H groups in total. The van der Waals surface area contributed by atoms with Crippen molar-refractivity contribution >= 4 is 46.4 Å². The number of methoxy groups -OCH3 is 1. The summed E-state index contributed by atoms with van der Waals surface area (Å²) in [7, 11) is 1.48. The molecule has 0 spiro atoms. The molecule has 1 aliphatic heterocycles. The van der Waals surface area contributed by atoms with E-state index in [2.05, 4.69) is 0 Å². The van der Waals surface area contributed by atoms with Crippen molar-refractivity contribution in [2.24, 2.45) is 0 Å². The molecule has 236 valence electrons. The van der Waals surface area contributed by atoms with Crippen LogP contribution >= 0.6 is 11.8 Å². The predicted octanol–water partition coefficient (Wildman–Crippen LogP) is 4.77. The van der Waals surface area contributed by atoms with Crippen LogP contribution < -0.4 is 18.5 Å². The summed E-state index contributed by atoms with van der Waals surface area (Å²) >= 11 is -1.10. The number of hydrogen-bond acceptors (Lipinski definition) is 9. The molecule has 1 aliphatic rings. The fraction of sp³-hybridized carbons (Fsp3) is 0.333. The molecule has 1 heterocycles. The number of nitrogens with zero attached hydrogens (tertiary/aromatic N) is 3. The van der Waals surface area contributed by atoms with Crippen molar-refractivity contribution in [3.05, 3.63) is 66.2 Å². The van der Waals surface area contributed by atoms with Crippen LogP contribution in [-0.2, 0) is 16.0 Å². The first-order chi connectivity index (χ1) is 21.3. The molecule has 12 nitrogen and oxygen atoms in total. The lowest BCUT2D eigenvalue weighted by atomic mass is 10.1. The SMILES string of the molecule is CCOC(=O)N1CCN(C(=O)c2cc(OCCO)c(Oc3ccccc3OC)c(N(c3ccc(SC)cc3)S(=O)O)c2)CC1. The summed E-state index contributed by atoms with van der Waals surface area (Å²) in [5, 5.41) is 9.57. The summed E-state index contributed by atoms with van der Waals surface area (Å²) in [5.41, 5.74) is 0.577. The normalized spacial score (nSPS) is 13.7. The van der Waals surface area contributed by atoms with E-state index in [9.17, 15) is 23.5 Å². The lowest BCUT2D eigenvalue weighted by molar-refractivity contribution is 0.0570. The highest BCUT2D eigenvalue weighted by atomic mass is 32.2. The predicted molar refractivity (Wildman–Crippen MR) is 168 cm³/mol. The molecular weight excluding hydrogens is 610 g/mol. The number of piperazine rings is 1. The number of carbonyl (C=O) groups is 2. The van der Waals surface area contributed by atoms with Gasteiger partial charge in [0.2, 0.25) is 0 Å². The summed E-state index contributed by atoms with van der Waals surface area (Å²) < 4.78 is 47.4. The number of aliphatic hydroxyl groups excluding tert-OH is 1. The Labute approximate surface area is 262 Å². The van der Waals surface area contributed by atoms with Gasteiger partial charge in [-0.25, -0.2) is 13.3 Å². The maximum Gasteiger partial charge on any atom is 0.409 e. The standard InChI is InChI=1S/C30H35N3O9S2/c1-4-40-30(36)32-15-13-31(14-16-32)29(35)21-19-24(33(44(37)38)22-9-11-23(43-3)12-10-22)28(27(20-21)41-18-17-34)42-26-8-6-5-7-25(26)39-2/h5-12,19-20,34H,4,13-18H2,1-3H3,(H,37,38). The summed E-state index contributed by atoms with van der Waals surface area (Å²) in [6.07, 6.45) is 1.48. The zero-order valence-electron chi connectivity index (χ0n) is 24.6. The second kappa shape index (κ2) is 15.7. The number of rotatable bonds is 12. The minimum Gasteiger partial charge on any atom is -0.493 e. The van der Waals surface area contributed by atoms with Gasteiger partial charge in [0.25, 0.3) is 17.2 Å². The number of amides is 2. The summed E-state index contributed by atoms with van der Waals surface area (Å²) in [6.45, 7) is 2.60. The summed E-state index contributed by atoms with van der Waals surface area (Å²) in [4.78, 5) is 30.1. The molecule has 0 bridgehead atoms. The minimum absolute atomic E-state index is 0.0305. The molecule has 0 aliphatic carbocycles. The quantitative estimate of drug-likeness (QED) is 0.209. The van der Waals surface area contributed by atoms with Gasteiger partial charge in [0.15, 0.2) is 23.0 Å². The van der Waals surface area contributed by atoms with Crippen LogP contribution in [0.15, 0.2) is 65.6 Å². The van der Waals surface area contributed by atoms with Crippen LogP contribution in [0.2, 0.25) is 0 Å². The number of ether oxygens (including phenoxy) is 4. The third kappa shape index (κ3) is 7.75. The second-order valence-corrected chi connectivity index (χ2v) is 11.1. The van der Waals surface area contributed by atoms with Gasteiger partial charge in [-0.2, -0.15) is 0 Å². The molecule has 14 heteroatoms. The van der Waals surface area contributed by atoms with Crippen molar-refractivity contribution in [2.75, 3.05) is 63.7 Å². The highest BCUT2D eigenvalue weighted by molar-refractivity contribution is 7.98. The van der Waals surface area contributed by atoms with Crippen molar-refractivity contribution in [1.82, 2.24) is 9.80 Å². The van der Waals surface area contributed by atoms with E-state index in [0.717, 1.165) is 9.20 Å². The van der Waals surface area contributed by atoms with E-state index in [0.29, 0.717) is 17.2 Å². The van der Waals surface area contributed by atoms with Crippen LogP contribution in [0.4, 0.5) is 16.2 Å². The molecule has 0 saturated carbocycles. The van der Waals surface area contributed by atoms with Crippen LogP contribution in [0.25, 0.3) is 0 Å². The van der Waals surface area contributed by atoms with Gasteiger partial charge in [0.1, 0.15) is 12.3 Å². The van der Waals surface area contributed by atoms with Gasteiger partial charge in [-0.05, 0) is 61.7 Å². The maximum absolute atomic E-state index is 13.8. The van der Waals surface area contributed by atoms with Crippen molar-refractivity contribution < 1.29 is 42.4 Å². The fourth-order valence-corrected chi connectivity index (χ4v) is 5.57. The smallest absolute Gasteiger partial charge is 0.409 e. The summed E-state index contributed by atoms with van der Waals surface area (Å²) in [6, 6.07) is 16.8. The van der Waals surface area contributed by atoms with Crippen molar-refractivity contribution in [2.45, 2.75) is 11.8 Å². The largest absolute Gasteiger partial charge is 0.493 e. The Balaban J connectivity index is 1.83. The Kier molecular flexibility index (Phi) is 11.7. The molecule has 2 amide bonds. The zero-order valence-corrected chi connectivity index (χ0v) is 26.3. The molecule has 4 rings (SSSR count). The average molecular weight is 646 g/mol. The first-order valence-electron chi connectivity index (χ1n) is 13.8. The summed E-state index contributed by atoms with van der Waals surface area (Å²) in [5.74, 6) is 0.400. The average Bonchev–Trinajstić information content (AvgIpc) is 3.05. The first-order valence-corrected chi connectivity index (χ1v) is 16.1. The molecule has 0 aromatic heterocycles. The van der Waals surface area contributed by atoms with E-state index in [4.69, 9.17) is 18.9 Å². The number of aliphatic hydroxyl groups is 1. The third-order valence-corrected chi connectivity index (χ3v) is 8.15. The Hall–Kier alpha value is -3.98. The number of thioether (sulfide) groups is 1. The monoisotopic (exact) mass is 645 g/mol. The van der Waals surface area contributed by atoms with Gasteiger partial charge in [-0.3, -0.25) is 9.35 Å². The highest BCUT2D eigenvalue weighted by Gasteiger charge is 2.30. The van der Waals surface area contributed by atoms with Crippen molar-refractivity contribution in [3.8, 4) is 23.0 Å². The number of carbonyl (C=O) groups excluding carboxylic acids is 2. The number of hydrogen-bond donors (Lipinski definition) is 2. The van der Waals surface area contributed by atoms with Crippen LogP contribution in [0.5, 0.6) is 23.0 Å². The van der Waals surface area contributed by atoms with E-state index in [1.54, 1.807) is 48.2 Å². The number of anilines is 2. The lowest BCUT2D eigenvalue weighted by Gasteiger charge is -2.34. The molecule has 1 unspecified atom stereocenters. The van der Waals surface area contributed by atoms with Gasteiger partial charge in [0, 0.05) is 36.6 Å². The molecule has 1 fully saturated rings. The maximum atomic E-state index is 13.8. The molecule has 44 heavy (non-hydrogen) atoms. The molecular formula is C30H35N3O9S2. The van der Waals surface area contributed by atoms with Crippen LogP contribution in [-0.4, -0.2) is 95.0 Å². The van der Waals surface area contributed by atoms with Crippen LogP contribution in [0, 0.1) is 0 Å². The van der Waals surface area contributed by atoms with Crippen molar-refractivity contribution in [1.29, 1.82) is 0 Å². The van der Waals surface area contributed by atoms with Crippen LogP contribution in [0.3, 0.4) is 0 Å². The van der Waals surface area contributed by atoms with E-state index < -0.39 is 17.4 Å². The molecule has 3 aromatic rings. The molecule has 1 atom stereocenters. The van der Waals surface area contributed by atoms with Gasteiger partial charge in [-0.15, -0.1) is 11.8 Å². The minimum atomic E-state index is -2.61. The second-order valence-electron chi connectivity index (χ2n) is 9.35. The molecule has 1 saturated heterocycles. The van der Waals surface area contributed by atoms with Gasteiger partial charge >= 0.3 is 6.09 Å². The number of para-hydroxylation sites is 2. The number of benzene rings is 3. The van der Waals surface area contributed by atoms with Gasteiger partial charge in [-0.1, -0.05) is 12.1 Å².